The van der Waals surface area contributed by atoms with E-state index in [-0.39, 0.29) is 11.3 Å². The average Bonchev–Trinajstić information content (AvgIpc) is 2.48. The molecule has 0 spiro atoms. The van der Waals surface area contributed by atoms with Crippen molar-refractivity contribution >= 4 is 18.1 Å². The molecular weight excluding hydrogens is 258 g/mol. The third kappa shape index (κ3) is 3.49. The Hall–Kier alpha value is -3.02. The number of carboxylic acid groups (broad SMARTS) is 1. The van der Waals surface area contributed by atoms with Gasteiger partial charge in [-0.3, -0.25) is 9.78 Å². The standard InChI is InChI=1S/C14H11N3O3/c18-13(12-3-1-2-8-15-12)17-16-9-10-4-6-11(7-5-10)14(19)20/h1-9H,(H,17,18)(H,19,20). The van der Waals surface area contributed by atoms with Gasteiger partial charge in [0.05, 0.1) is 11.8 Å². The van der Waals surface area contributed by atoms with Crippen molar-refractivity contribution in [3.05, 3.63) is 65.5 Å². The van der Waals surface area contributed by atoms with E-state index in [0.29, 0.717) is 5.56 Å². The molecule has 0 aliphatic rings. The molecule has 0 atom stereocenters. The van der Waals surface area contributed by atoms with Crippen LogP contribution in [0.1, 0.15) is 26.4 Å². The van der Waals surface area contributed by atoms with Crippen LogP contribution in [0.4, 0.5) is 0 Å². The largest absolute Gasteiger partial charge is 0.478 e. The molecule has 0 fully saturated rings. The second-order valence-corrected chi connectivity index (χ2v) is 3.84. The van der Waals surface area contributed by atoms with Crippen LogP contribution in [0.15, 0.2) is 53.8 Å². The fourth-order valence-electron chi connectivity index (χ4n) is 1.43. The summed E-state index contributed by atoms with van der Waals surface area (Å²) in [6.07, 6.45) is 2.94. The van der Waals surface area contributed by atoms with Gasteiger partial charge in [0.2, 0.25) is 0 Å². The maximum atomic E-state index is 11.6. The summed E-state index contributed by atoms with van der Waals surface area (Å²) < 4.78 is 0. The first-order valence-corrected chi connectivity index (χ1v) is 5.74. The molecule has 1 amide bonds. The van der Waals surface area contributed by atoms with Crippen LogP contribution in [-0.4, -0.2) is 28.2 Å². The zero-order chi connectivity index (χ0) is 14.4. The molecule has 6 nitrogen and oxygen atoms in total. The molecule has 100 valence electrons. The summed E-state index contributed by atoms with van der Waals surface area (Å²) in [7, 11) is 0. The van der Waals surface area contributed by atoms with E-state index < -0.39 is 11.9 Å². The van der Waals surface area contributed by atoms with Crippen molar-refractivity contribution in [2.24, 2.45) is 5.10 Å². The van der Waals surface area contributed by atoms with Crippen LogP contribution in [0.5, 0.6) is 0 Å². The minimum absolute atomic E-state index is 0.194. The Kier molecular flexibility index (Phi) is 4.18. The van der Waals surface area contributed by atoms with Crippen molar-refractivity contribution < 1.29 is 14.7 Å². The lowest BCUT2D eigenvalue weighted by Gasteiger charge is -1.98. The fourth-order valence-corrected chi connectivity index (χ4v) is 1.43. The molecule has 0 unspecified atom stereocenters. The maximum absolute atomic E-state index is 11.6. The molecule has 1 aromatic carbocycles. The Balaban J connectivity index is 1.96. The summed E-state index contributed by atoms with van der Waals surface area (Å²) in [4.78, 5) is 26.2. The van der Waals surface area contributed by atoms with Crippen LogP contribution < -0.4 is 5.43 Å². The van der Waals surface area contributed by atoms with Gasteiger partial charge in [-0.2, -0.15) is 5.10 Å². The number of aromatic nitrogens is 1. The van der Waals surface area contributed by atoms with Gasteiger partial charge in [0.15, 0.2) is 0 Å². The van der Waals surface area contributed by atoms with Gasteiger partial charge in [0, 0.05) is 6.20 Å². The van der Waals surface area contributed by atoms with Crippen molar-refractivity contribution in [1.82, 2.24) is 10.4 Å². The summed E-state index contributed by atoms with van der Waals surface area (Å²) in [6.45, 7) is 0. The molecule has 0 aliphatic heterocycles. The molecule has 20 heavy (non-hydrogen) atoms. The van der Waals surface area contributed by atoms with Gasteiger partial charge < -0.3 is 5.11 Å². The van der Waals surface area contributed by atoms with E-state index in [4.69, 9.17) is 5.11 Å². The molecule has 6 heteroatoms. The minimum atomic E-state index is -0.989. The summed E-state index contributed by atoms with van der Waals surface area (Å²) >= 11 is 0. The lowest BCUT2D eigenvalue weighted by atomic mass is 10.1. The normalized spacial score (nSPS) is 10.4. The molecule has 0 bridgehead atoms. The molecule has 1 heterocycles. The Morgan fingerprint density at radius 2 is 1.90 bits per heavy atom. The molecule has 0 saturated heterocycles. The van der Waals surface area contributed by atoms with Crippen LogP contribution in [0, 0.1) is 0 Å². The highest BCUT2D eigenvalue weighted by Gasteiger charge is 2.03. The van der Waals surface area contributed by atoms with Crippen LogP contribution >= 0.6 is 0 Å². The Labute approximate surface area is 114 Å². The van der Waals surface area contributed by atoms with Gasteiger partial charge in [-0.15, -0.1) is 0 Å². The van der Waals surface area contributed by atoms with Gasteiger partial charge in [-0.1, -0.05) is 18.2 Å². The van der Waals surface area contributed by atoms with Crippen molar-refractivity contribution in [1.29, 1.82) is 0 Å². The van der Waals surface area contributed by atoms with Crippen molar-refractivity contribution in [2.75, 3.05) is 0 Å². The highest BCUT2D eigenvalue weighted by atomic mass is 16.4. The van der Waals surface area contributed by atoms with E-state index in [1.165, 1.54) is 24.5 Å². The molecular formula is C14H11N3O3. The van der Waals surface area contributed by atoms with Crippen LogP contribution in [0.2, 0.25) is 0 Å². The molecule has 0 saturated carbocycles. The SMILES string of the molecule is O=C(O)c1ccc(C=NNC(=O)c2ccccn2)cc1. The lowest BCUT2D eigenvalue weighted by Crippen LogP contribution is -2.18. The summed E-state index contributed by atoms with van der Waals surface area (Å²) in [5, 5.41) is 12.5. The summed E-state index contributed by atoms with van der Waals surface area (Å²) in [5.74, 6) is -1.40. The number of carbonyl (C=O) groups is 2. The van der Waals surface area contributed by atoms with Gasteiger partial charge in [-0.05, 0) is 29.8 Å². The first-order chi connectivity index (χ1) is 9.66. The highest BCUT2D eigenvalue weighted by molar-refractivity contribution is 5.93. The number of rotatable bonds is 4. The van der Waals surface area contributed by atoms with Crippen LogP contribution in [0.3, 0.4) is 0 Å². The highest BCUT2D eigenvalue weighted by Crippen LogP contribution is 2.02. The van der Waals surface area contributed by atoms with Gasteiger partial charge >= 0.3 is 5.97 Å². The number of hydrazone groups is 1. The number of benzene rings is 1. The van der Waals surface area contributed by atoms with E-state index in [9.17, 15) is 9.59 Å². The molecule has 2 N–H and O–H groups in total. The number of hydrogen-bond acceptors (Lipinski definition) is 4. The number of aromatic carboxylic acids is 1. The van der Waals surface area contributed by atoms with E-state index >= 15 is 0 Å². The number of hydrogen-bond donors (Lipinski definition) is 2. The number of nitrogens with zero attached hydrogens (tertiary/aromatic N) is 2. The second-order valence-electron chi connectivity index (χ2n) is 3.84. The molecule has 2 rings (SSSR count). The topological polar surface area (TPSA) is 91.6 Å². The van der Waals surface area contributed by atoms with E-state index in [0.717, 1.165) is 0 Å². The Morgan fingerprint density at radius 3 is 2.50 bits per heavy atom. The molecule has 0 aliphatic carbocycles. The predicted molar refractivity (Wildman–Crippen MR) is 72.7 cm³/mol. The second kappa shape index (κ2) is 6.24. The monoisotopic (exact) mass is 269 g/mol. The average molecular weight is 269 g/mol. The summed E-state index contributed by atoms with van der Waals surface area (Å²) in [5.41, 5.74) is 3.48. The number of pyridine rings is 1. The molecule has 2 aromatic rings. The quantitative estimate of drug-likeness (QED) is 0.650. The zero-order valence-corrected chi connectivity index (χ0v) is 10.4. The first-order valence-electron chi connectivity index (χ1n) is 5.74. The lowest BCUT2D eigenvalue weighted by molar-refractivity contribution is 0.0696. The van der Waals surface area contributed by atoms with Crippen LogP contribution in [-0.2, 0) is 0 Å². The predicted octanol–water partition coefficient (Wildman–Crippen LogP) is 1.54. The van der Waals surface area contributed by atoms with E-state index in [1.54, 1.807) is 30.3 Å². The number of nitrogens with one attached hydrogen (secondary N) is 1. The first kappa shape index (κ1) is 13.4. The van der Waals surface area contributed by atoms with E-state index in [1.807, 2.05) is 0 Å². The minimum Gasteiger partial charge on any atom is -0.478 e. The van der Waals surface area contributed by atoms with Crippen molar-refractivity contribution in [3.8, 4) is 0 Å². The molecule has 1 aromatic heterocycles. The summed E-state index contributed by atoms with van der Waals surface area (Å²) in [6, 6.07) is 11.1. The number of amides is 1. The van der Waals surface area contributed by atoms with E-state index in [2.05, 4.69) is 15.5 Å². The third-order valence-electron chi connectivity index (χ3n) is 2.43. The third-order valence-corrected chi connectivity index (χ3v) is 2.43. The van der Waals surface area contributed by atoms with Crippen molar-refractivity contribution in [3.63, 3.8) is 0 Å². The Bertz CT molecular complexity index is 636. The smallest absolute Gasteiger partial charge is 0.335 e. The van der Waals surface area contributed by atoms with Crippen molar-refractivity contribution in [2.45, 2.75) is 0 Å². The number of carboxylic acids is 1. The fraction of sp³-hybridized carbons (Fsp3) is 0. The van der Waals surface area contributed by atoms with Gasteiger partial charge in [0.1, 0.15) is 5.69 Å². The van der Waals surface area contributed by atoms with Gasteiger partial charge in [-0.25, -0.2) is 10.2 Å². The van der Waals surface area contributed by atoms with Gasteiger partial charge in [0.25, 0.3) is 5.91 Å². The number of carbonyl (C=O) groups excluding carboxylic acids is 1. The maximum Gasteiger partial charge on any atom is 0.335 e. The molecule has 0 radical (unpaired) electrons. The van der Waals surface area contributed by atoms with Crippen LogP contribution in [0.25, 0.3) is 0 Å². The zero-order valence-electron chi connectivity index (χ0n) is 10.4. The Morgan fingerprint density at radius 1 is 1.15 bits per heavy atom.